The number of nitrogens with zero attached hydrogens (tertiary/aromatic N) is 3. The Bertz CT molecular complexity index is 509. The van der Waals surface area contributed by atoms with Crippen LogP contribution in [0.5, 0.6) is 0 Å². The van der Waals surface area contributed by atoms with Crippen LogP contribution in [0.3, 0.4) is 0 Å². The van der Waals surface area contributed by atoms with E-state index in [-0.39, 0.29) is 5.97 Å². The van der Waals surface area contributed by atoms with Gasteiger partial charge in [0.1, 0.15) is 0 Å². The van der Waals surface area contributed by atoms with Crippen molar-refractivity contribution in [2.45, 2.75) is 6.92 Å². The van der Waals surface area contributed by atoms with Crippen molar-refractivity contribution in [3.05, 3.63) is 28.6 Å². The van der Waals surface area contributed by atoms with Crippen LogP contribution in [0, 0.1) is 0 Å². The number of aromatic nitrogens is 3. The third-order valence-electron chi connectivity index (χ3n) is 1.88. The van der Waals surface area contributed by atoms with E-state index < -0.39 is 0 Å². The van der Waals surface area contributed by atoms with Crippen molar-refractivity contribution >= 4 is 27.5 Å². The first-order valence-corrected chi connectivity index (χ1v) is 5.19. The second-order valence-electron chi connectivity index (χ2n) is 2.83. The first-order chi connectivity index (χ1) is 7.22. The Morgan fingerprint density at radius 2 is 2.40 bits per heavy atom. The summed E-state index contributed by atoms with van der Waals surface area (Å²) in [7, 11) is 0. The van der Waals surface area contributed by atoms with Crippen LogP contribution in [0.25, 0.3) is 5.65 Å². The van der Waals surface area contributed by atoms with Crippen LogP contribution in [0.1, 0.15) is 17.3 Å². The average Bonchev–Trinajstić information content (AvgIpc) is 2.60. The van der Waals surface area contributed by atoms with E-state index in [0.29, 0.717) is 22.6 Å². The van der Waals surface area contributed by atoms with Crippen LogP contribution >= 0.6 is 15.9 Å². The SMILES string of the molecule is CCOC(=O)c1ccn2c(Br)nnc2c1. The molecular formula is C9H8BrN3O2. The first kappa shape index (κ1) is 10.1. The van der Waals surface area contributed by atoms with Crippen LogP contribution in [0.4, 0.5) is 0 Å². The summed E-state index contributed by atoms with van der Waals surface area (Å²) in [6.07, 6.45) is 1.71. The molecule has 2 aromatic rings. The van der Waals surface area contributed by atoms with E-state index in [1.807, 2.05) is 0 Å². The molecule has 15 heavy (non-hydrogen) atoms. The van der Waals surface area contributed by atoms with Crippen molar-refractivity contribution in [1.82, 2.24) is 14.6 Å². The molecule has 0 aliphatic carbocycles. The zero-order valence-electron chi connectivity index (χ0n) is 7.98. The number of carbonyl (C=O) groups is 1. The van der Waals surface area contributed by atoms with Crippen molar-refractivity contribution in [2.75, 3.05) is 6.61 Å². The summed E-state index contributed by atoms with van der Waals surface area (Å²) in [4.78, 5) is 11.4. The maximum absolute atomic E-state index is 11.4. The van der Waals surface area contributed by atoms with E-state index in [9.17, 15) is 4.79 Å². The molecule has 0 atom stereocenters. The van der Waals surface area contributed by atoms with E-state index in [2.05, 4.69) is 26.1 Å². The Morgan fingerprint density at radius 3 is 3.13 bits per heavy atom. The number of esters is 1. The highest BCUT2D eigenvalue weighted by molar-refractivity contribution is 9.10. The van der Waals surface area contributed by atoms with Crippen molar-refractivity contribution < 1.29 is 9.53 Å². The lowest BCUT2D eigenvalue weighted by molar-refractivity contribution is 0.0526. The molecule has 0 aromatic carbocycles. The van der Waals surface area contributed by atoms with Crippen molar-refractivity contribution in [2.24, 2.45) is 0 Å². The molecule has 0 radical (unpaired) electrons. The van der Waals surface area contributed by atoms with Gasteiger partial charge in [-0.3, -0.25) is 4.40 Å². The number of pyridine rings is 1. The van der Waals surface area contributed by atoms with Gasteiger partial charge in [-0.25, -0.2) is 4.79 Å². The lowest BCUT2D eigenvalue weighted by Crippen LogP contribution is -2.05. The first-order valence-electron chi connectivity index (χ1n) is 4.39. The standard InChI is InChI=1S/C9H8BrN3O2/c1-2-15-8(14)6-3-4-13-7(5-6)11-12-9(13)10/h3-5H,2H2,1H3. The maximum Gasteiger partial charge on any atom is 0.338 e. The van der Waals surface area contributed by atoms with Gasteiger partial charge in [0.05, 0.1) is 12.2 Å². The monoisotopic (exact) mass is 269 g/mol. The third-order valence-corrected chi connectivity index (χ3v) is 2.42. The summed E-state index contributed by atoms with van der Waals surface area (Å²) in [5.74, 6) is -0.348. The summed E-state index contributed by atoms with van der Waals surface area (Å²) < 4.78 is 7.21. The predicted octanol–water partition coefficient (Wildman–Crippen LogP) is 1.67. The zero-order chi connectivity index (χ0) is 10.8. The number of fused-ring (bicyclic) bond motifs is 1. The minimum absolute atomic E-state index is 0.348. The van der Waals surface area contributed by atoms with Gasteiger partial charge in [0.2, 0.25) is 4.73 Å². The highest BCUT2D eigenvalue weighted by atomic mass is 79.9. The molecule has 0 amide bonds. The largest absolute Gasteiger partial charge is 0.462 e. The van der Waals surface area contributed by atoms with Crippen molar-refractivity contribution in [3.63, 3.8) is 0 Å². The lowest BCUT2D eigenvalue weighted by Gasteiger charge is -2.01. The van der Waals surface area contributed by atoms with Gasteiger partial charge < -0.3 is 4.74 Å². The van der Waals surface area contributed by atoms with Gasteiger partial charge in [0.15, 0.2) is 5.65 Å². The van der Waals surface area contributed by atoms with Gasteiger partial charge >= 0.3 is 5.97 Å². The van der Waals surface area contributed by atoms with Gasteiger partial charge in [-0.15, -0.1) is 10.2 Å². The molecule has 0 N–H and O–H groups in total. The normalized spacial score (nSPS) is 10.5. The van der Waals surface area contributed by atoms with E-state index in [1.165, 1.54) is 0 Å². The van der Waals surface area contributed by atoms with Gasteiger partial charge in [0, 0.05) is 6.20 Å². The molecule has 0 aliphatic rings. The summed E-state index contributed by atoms with van der Waals surface area (Å²) in [6.45, 7) is 2.13. The number of hydrogen-bond donors (Lipinski definition) is 0. The number of rotatable bonds is 2. The molecule has 6 heteroatoms. The van der Waals surface area contributed by atoms with Crippen LogP contribution in [-0.2, 0) is 4.74 Å². The molecule has 0 saturated carbocycles. The van der Waals surface area contributed by atoms with Crippen LogP contribution < -0.4 is 0 Å². The fourth-order valence-corrected chi connectivity index (χ4v) is 1.58. The Hall–Kier alpha value is -1.43. The highest BCUT2D eigenvalue weighted by Gasteiger charge is 2.09. The molecule has 2 aromatic heterocycles. The molecular weight excluding hydrogens is 262 g/mol. The number of hydrogen-bond acceptors (Lipinski definition) is 4. The van der Waals surface area contributed by atoms with E-state index in [0.717, 1.165) is 0 Å². The Kier molecular flexibility index (Phi) is 2.68. The van der Waals surface area contributed by atoms with E-state index >= 15 is 0 Å². The fraction of sp³-hybridized carbons (Fsp3) is 0.222. The Labute approximate surface area is 94.2 Å². The fourth-order valence-electron chi connectivity index (χ4n) is 1.20. The lowest BCUT2D eigenvalue weighted by atomic mass is 10.3. The Balaban J connectivity index is 2.43. The molecule has 0 aliphatic heterocycles. The summed E-state index contributed by atoms with van der Waals surface area (Å²) in [6, 6.07) is 3.30. The quantitative estimate of drug-likeness (QED) is 0.779. The molecule has 2 rings (SSSR count). The van der Waals surface area contributed by atoms with Gasteiger partial charge in [-0.05, 0) is 35.0 Å². The second kappa shape index (κ2) is 3.98. The van der Waals surface area contributed by atoms with Gasteiger partial charge in [0.25, 0.3) is 0 Å². The van der Waals surface area contributed by atoms with Gasteiger partial charge in [-0.2, -0.15) is 0 Å². The summed E-state index contributed by atoms with van der Waals surface area (Å²) >= 11 is 3.23. The maximum atomic E-state index is 11.4. The van der Waals surface area contributed by atoms with Crippen LogP contribution in [0.15, 0.2) is 23.1 Å². The molecule has 0 fully saturated rings. The number of halogens is 1. The van der Waals surface area contributed by atoms with Crippen molar-refractivity contribution in [3.8, 4) is 0 Å². The minimum atomic E-state index is -0.348. The smallest absolute Gasteiger partial charge is 0.338 e. The summed E-state index contributed by atoms with van der Waals surface area (Å²) in [5, 5.41) is 7.70. The predicted molar refractivity (Wildman–Crippen MR) is 56.6 cm³/mol. The molecule has 5 nitrogen and oxygen atoms in total. The third kappa shape index (κ3) is 1.85. The van der Waals surface area contributed by atoms with E-state index in [1.54, 1.807) is 29.7 Å². The average molecular weight is 270 g/mol. The molecule has 0 saturated heterocycles. The van der Waals surface area contributed by atoms with Crippen molar-refractivity contribution in [1.29, 1.82) is 0 Å². The topological polar surface area (TPSA) is 56.5 Å². The molecule has 78 valence electrons. The highest BCUT2D eigenvalue weighted by Crippen LogP contribution is 2.12. The van der Waals surface area contributed by atoms with Crippen LogP contribution in [-0.4, -0.2) is 27.2 Å². The van der Waals surface area contributed by atoms with Crippen LogP contribution in [0.2, 0.25) is 0 Å². The number of ether oxygens (including phenoxy) is 1. The zero-order valence-corrected chi connectivity index (χ0v) is 9.56. The minimum Gasteiger partial charge on any atom is -0.462 e. The molecule has 0 unspecified atom stereocenters. The Morgan fingerprint density at radius 1 is 1.60 bits per heavy atom. The summed E-state index contributed by atoms with van der Waals surface area (Å²) in [5.41, 5.74) is 1.08. The molecule has 0 bridgehead atoms. The second-order valence-corrected chi connectivity index (χ2v) is 3.54. The number of carbonyl (C=O) groups excluding carboxylic acids is 1. The molecule has 0 spiro atoms. The van der Waals surface area contributed by atoms with E-state index in [4.69, 9.17) is 4.74 Å². The van der Waals surface area contributed by atoms with Gasteiger partial charge in [-0.1, -0.05) is 0 Å². The molecule has 2 heterocycles.